The van der Waals surface area contributed by atoms with Gasteiger partial charge in [0.25, 0.3) is 0 Å². The van der Waals surface area contributed by atoms with Gasteiger partial charge in [0.05, 0.1) is 12.2 Å². The standard InChI is InChI=1S/C18H20BrNO2/c1-2-22-18(21)15-8-10-17(11-9-15)20-12-4-6-14-5-3-7-16(19)13-14/h3,5,7-11,13,20H,2,4,6,12H2,1H3. The van der Waals surface area contributed by atoms with Crippen molar-refractivity contribution in [3.63, 3.8) is 0 Å². The lowest BCUT2D eigenvalue weighted by atomic mass is 10.1. The molecule has 2 aromatic carbocycles. The number of hydrogen-bond acceptors (Lipinski definition) is 3. The van der Waals surface area contributed by atoms with Crippen LogP contribution in [0.25, 0.3) is 0 Å². The maximum absolute atomic E-state index is 11.6. The topological polar surface area (TPSA) is 38.3 Å². The van der Waals surface area contributed by atoms with Gasteiger partial charge in [0.2, 0.25) is 0 Å². The zero-order valence-corrected chi connectivity index (χ0v) is 14.2. The maximum Gasteiger partial charge on any atom is 0.338 e. The summed E-state index contributed by atoms with van der Waals surface area (Å²) in [7, 11) is 0. The van der Waals surface area contributed by atoms with E-state index in [1.165, 1.54) is 5.56 Å². The van der Waals surface area contributed by atoms with Gasteiger partial charge in [0.15, 0.2) is 0 Å². The van der Waals surface area contributed by atoms with Crippen LogP contribution in [0.4, 0.5) is 5.69 Å². The third kappa shape index (κ3) is 5.19. The van der Waals surface area contributed by atoms with E-state index in [1.54, 1.807) is 19.1 Å². The Morgan fingerprint density at radius 2 is 1.95 bits per heavy atom. The molecule has 0 atom stereocenters. The molecule has 0 aromatic heterocycles. The van der Waals surface area contributed by atoms with Crippen LogP contribution < -0.4 is 5.32 Å². The zero-order valence-electron chi connectivity index (χ0n) is 12.6. The number of carbonyl (C=O) groups is 1. The average Bonchev–Trinajstić information content (AvgIpc) is 2.52. The summed E-state index contributed by atoms with van der Waals surface area (Å²) in [5.41, 5.74) is 2.93. The number of rotatable bonds is 7. The quantitative estimate of drug-likeness (QED) is 0.575. The molecule has 3 nitrogen and oxygen atoms in total. The molecule has 0 amide bonds. The monoisotopic (exact) mass is 361 g/mol. The predicted octanol–water partition coefficient (Wildman–Crippen LogP) is 4.67. The van der Waals surface area contributed by atoms with Crippen molar-refractivity contribution in [1.29, 1.82) is 0 Å². The van der Waals surface area contributed by atoms with Gasteiger partial charge in [-0.3, -0.25) is 0 Å². The van der Waals surface area contributed by atoms with Crippen LogP contribution in [-0.4, -0.2) is 19.1 Å². The Balaban J connectivity index is 1.76. The molecule has 0 heterocycles. The lowest BCUT2D eigenvalue weighted by Gasteiger charge is -2.08. The fraction of sp³-hybridized carbons (Fsp3) is 0.278. The van der Waals surface area contributed by atoms with E-state index in [0.717, 1.165) is 29.5 Å². The Morgan fingerprint density at radius 3 is 2.64 bits per heavy atom. The highest BCUT2D eigenvalue weighted by atomic mass is 79.9. The molecule has 0 saturated carbocycles. The zero-order chi connectivity index (χ0) is 15.8. The summed E-state index contributed by atoms with van der Waals surface area (Å²) in [5.74, 6) is -0.274. The molecule has 0 aliphatic carbocycles. The lowest BCUT2D eigenvalue weighted by molar-refractivity contribution is 0.0526. The van der Waals surface area contributed by atoms with Crippen LogP contribution in [0.5, 0.6) is 0 Å². The third-order valence-electron chi connectivity index (χ3n) is 3.26. The summed E-state index contributed by atoms with van der Waals surface area (Å²) in [4.78, 5) is 11.6. The second-order valence-electron chi connectivity index (χ2n) is 4.96. The van der Waals surface area contributed by atoms with Gasteiger partial charge in [-0.05, 0) is 61.7 Å². The molecule has 116 valence electrons. The molecule has 22 heavy (non-hydrogen) atoms. The van der Waals surface area contributed by atoms with Gasteiger partial charge in [-0.25, -0.2) is 4.79 Å². The minimum Gasteiger partial charge on any atom is -0.462 e. The van der Waals surface area contributed by atoms with Gasteiger partial charge in [0.1, 0.15) is 0 Å². The Kier molecular flexibility index (Phi) is 6.46. The van der Waals surface area contributed by atoms with E-state index in [1.807, 2.05) is 18.2 Å². The van der Waals surface area contributed by atoms with E-state index < -0.39 is 0 Å². The lowest BCUT2D eigenvalue weighted by Crippen LogP contribution is -2.06. The Hall–Kier alpha value is -1.81. The molecule has 4 heteroatoms. The highest BCUT2D eigenvalue weighted by Crippen LogP contribution is 2.14. The van der Waals surface area contributed by atoms with Crippen LogP contribution in [0.15, 0.2) is 53.0 Å². The number of ether oxygens (including phenoxy) is 1. The Bertz CT molecular complexity index is 611. The average molecular weight is 362 g/mol. The summed E-state index contributed by atoms with van der Waals surface area (Å²) >= 11 is 3.48. The largest absolute Gasteiger partial charge is 0.462 e. The number of benzene rings is 2. The molecule has 0 radical (unpaired) electrons. The molecule has 0 saturated heterocycles. The SMILES string of the molecule is CCOC(=O)c1ccc(NCCCc2cccc(Br)c2)cc1. The predicted molar refractivity (Wildman–Crippen MR) is 93.4 cm³/mol. The molecular weight excluding hydrogens is 342 g/mol. The van der Waals surface area contributed by atoms with Crippen LogP contribution >= 0.6 is 15.9 Å². The van der Waals surface area contributed by atoms with Gasteiger partial charge in [-0.2, -0.15) is 0 Å². The number of aryl methyl sites for hydroxylation is 1. The minimum absolute atomic E-state index is 0.274. The number of esters is 1. The Labute approximate surface area is 139 Å². The van der Waals surface area contributed by atoms with E-state index in [0.29, 0.717) is 12.2 Å². The van der Waals surface area contributed by atoms with Crippen LogP contribution in [0, 0.1) is 0 Å². The smallest absolute Gasteiger partial charge is 0.338 e. The first-order chi connectivity index (χ1) is 10.7. The van der Waals surface area contributed by atoms with E-state index in [4.69, 9.17) is 4.74 Å². The van der Waals surface area contributed by atoms with E-state index in [2.05, 4.69) is 39.4 Å². The highest BCUT2D eigenvalue weighted by Gasteiger charge is 2.05. The molecule has 0 unspecified atom stereocenters. The van der Waals surface area contributed by atoms with Crippen molar-refractivity contribution in [3.8, 4) is 0 Å². The summed E-state index contributed by atoms with van der Waals surface area (Å²) in [5, 5.41) is 3.36. The van der Waals surface area contributed by atoms with Gasteiger partial charge in [0, 0.05) is 16.7 Å². The first-order valence-electron chi connectivity index (χ1n) is 7.44. The van der Waals surface area contributed by atoms with Crippen molar-refractivity contribution in [2.75, 3.05) is 18.5 Å². The van der Waals surface area contributed by atoms with Crippen LogP contribution in [0.1, 0.15) is 29.3 Å². The van der Waals surface area contributed by atoms with Crippen molar-refractivity contribution >= 4 is 27.6 Å². The van der Waals surface area contributed by atoms with Gasteiger partial charge >= 0.3 is 5.97 Å². The van der Waals surface area contributed by atoms with Crippen molar-refractivity contribution < 1.29 is 9.53 Å². The first-order valence-corrected chi connectivity index (χ1v) is 8.24. The minimum atomic E-state index is -0.274. The van der Waals surface area contributed by atoms with Crippen molar-refractivity contribution in [2.45, 2.75) is 19.8 Å². The van der Waals surface area contributed by atoms with Crippen molar-refractivity contribution in [2.24, 2.45) is 0 Å². The van der Waals surface area contributed by atoms with E-state index in [-0.39, 0.29) is 5.97 Å². The molecule has 1 N–H and O–H groups in total. The van der Waals surface area contributed by atoms with Crippen LogP contribution in [-0.2, 0) is 11.2 Å². The number of anilines is 1. The molecule has 0 bridgehead atoms. The second kappa shape index (κ2) is 8.59. The third-order valence-corrected chi connectivity index (χ3v) is 3.75. The number of nitrogens with one attached hydrogen (secondary N) is 1. The summed E-state index contributed by atoms with van der Waals surface area (Å²) < 4.78 is 6.08. The number of halogens is 1. The summed E-state index contributed by atoms with van der Waals surface area (Å²) in [6.07, 6.45) is 2.09. The Morgan fingerprint density at radius 1 is 1.18 bits per heavy atom. The molecule has 0 aliphatic rings. The molecule has 0 spiro atoms. The van der Waals surface area contributed by atoms with Crippen LogP contribution in [0.2, 0.25) is 0 Å². The van der Waals surface area contributed by atoms with Crippen LogP contribution in [0.3, 0.4) is 0 Å². The van der Waals surface area contributed by atoms with Crippen molar-refractivity contribution in [3.05, 3.63) is 64.1 Å². The fourth-order valence-electron chi connectivity index (χ4n) is 2.16. The maximum atomic E-state index is 11.6. The molecule has 0 aliphatic heterocycles. The van der Waals surface area contributed by atoms with E-state index in [9.17, 15) is 4.79 Å². The molecule has 0 fully saturated rings. The van der Waals surface area contributed by atoms with Gasteiger partial charge < -0.3 is 10.1 Å². The number of carbonyl (C=O) groups excluding carboxylic acids is 1. The van der Waals surface area contributed by atoms with Gasteiger partial charge in [-0.1, -0.05) is 28.1 Å². The normalized spacial score (nSPS) is 10.3. The van der Waals surface area contributed by atoms with E-state index >= 15 is 0 Å². The molecule has 2 aromatic rings. The summed E-state index contributed by atoms with van der Waals surface area (Å²) in [6, 6.07) is 15.8. The molecule has 2 rings (SSSR count). The van der Waals surface area contributed by atoms with Crippen molar-refractivity contribution in [1.82, 2.24) is 0 Å². The first kappa shape index (κ1) is 16.6. The highest BCUT2D eigenvalue weighted by molar-refractivity contribution is 9.10. The second-order valence-corrected chi connectivity index (χ2v) is 5.87. The fourth-order valence-corrected chi connectivity index (χ4v) is 2.60. The van der Waals surface area contributed by atoms with Gasteiger partial charge in [-0.15, -0.1) is 0 Å². The summed E-state index contributed by atoms with van der Waals surface area (Å²) in [6.45, 7) is 3.10. The number of hydrogen-bond donors (Lipinski definition) is 1. The molecular formula is C18H20BrNO2.